The number of aromatic amines is 1. The van der Waals surface area contributed by atoms with E-state index < -0.39 is 6.10 Å². The zero-order chi connectivity index (χ0) is 16.7. The van der Waals surface area contributed by atoms with Crippen LogP contribution < -0.4 is 0 Å². The van der Waals surface area contributed by atoms with Crippen LogP contribution in [0.4, 0.5) is 0 Å². The third kappa shape index (κ3) is 2.89. The van der Waals surface area contributed by atoms with Gasteiger partial charge in [0, 0.05) is 24.7 Å². The van der Waals surface area contributed by atoms with Crippen molar-refractivity contribution >= 4 is 17.2 Å². The summed E-state index contributed by atoms with van der Waals surface area (Å²) in [7, 11) is 0. The Hall–Kier alpha value is -1.66. The van der Waals surface area contributed by atoms with Gasteiger partial charge in [-0.05, 0) is 61.6 Å². The molecule has 1 aliphatic heterocycles. The van der Waals surface area contributed by atoms with Crippen LogP contribution in [-0.4, -0.2) is 45.3 Å². The molecule has 6 heteroatoms. The monoisotopic (exact) mass is 345 g/mol. The van der Waals surface area contributed by atoms with E-state index in [4.69, 9.17) is 0 Å². The van der Waals surface area contributed by atoms with Gasteiger partial charge >= 0.3 is 0 Å². The van der Waals surface area contributed by atoms with E-state index in [2.05, 4.69) is 15.6 Å². The number of hydrogen-bond donors (Lipinski definition) is 2. The summed E-state index contributed by atoms with van der Waals surface area (Å²) >= 11 is 1.58. The number of fused-ring (bicyclic) bond motifs is 1. The molecule has 2 atom stereocenters. The lowest BCUT2D eigenvalue weighted by Crippen LogP contribution is -2.30. The average Bonchev–Trinajstić information content (AvgIpc) is 3.27. The largest absolute Gasteiger partial charge is 0.391 e. The van der Waals surface area contributed by atoms with Crippen molar-refractivity contribution in [2.45, 2.75) is 45.1 Å². The number of aliphatic hydroxyl groups is 1. The van der Waals surface area contributed by atoms with Crippen molar-refractivity contribution < 1.29 is 9.90 Å². The molecule has 3 heterocycles. The predicted octanol–water partition coefficient (Wildman–Crippen LogP) is 2.33. The lowest BCUT2D eigenvalue weighted by molar-refractivity contribution is 0.0768. The smallest absolute Gasteiger partial charge is 0.264 e. The molecule has 0 spiro atoms. The second-order valence-electron chi connectivity index (χ2n) is 7.06. The summed E-state index contributed by atoms with van der Waals surface area (Å²) in [6.45, 7) is 3.01. The van der Waals surface area contributed by atoms with Gasteiger partial charge in [-0.1, -0.05) is 0 Å². The Bertz CT molecular complexity index is 751. The first-order valence-electron chi connectivity index (χ1n) is 8.69. The number of aryl methyl sites for hydroxylation is 2. The Balaban J connectivity index is 1.47. The zero-order valence-electron chi connectivity index (χ0n) is 13.9. The molecule has 128 valence electrons. The maximum Gasteiger partial charge on any atom is 0.264 e. The molecule has 4 rings (SSSR count). The summed E-state index contributed by atoms with van der Waals surface area (Å²) < 4.78 is 0. The molecule has 0 unspecified atom stereocenters. The van der Waals surface area contributed by atoms with Gasteiger partial charge in [-0.15, -0.1) is 11.3 Å². The van der Waals surface area contributed by atoms with Crippen LogP contribution in [0.1, 0.15) is 45.0 Å². The van der Waals surface area contributed by atoms with E-state index in [0.29, 0.717) is 19.5 Å². The number of rotatable bonds is 3. The van der Waals surface area contributed by atoms with Crippen LogP contribution in [0.15, 0.2) is 11.4 Å². The fourth-order valence-corrected chi connectivity index (χ4v) is 5.04. The number of nitrogens with zero attached hydrogens (tertiary/aromatic N) is 2. The minimum absolute atomic E-state index is 0.0624. The highest BCUT2D eigenvalue weighted by molar-refractivity contribution is 7.12. The van der Waals surface area contributed by atoms with Gasteiger partial charge in [-0.3, -0.25) is 9.89 Å². The van der Waals surface area contributed by atoms with Crippen molar-refractivity contribution in [3.8, 4) is 0 Å². The number of amides is 1. The summed E-state index contributed by atoms with van der Waals surface area (Å²) in [5, 5.41) is 19.7. The van der Waals surface area contributed by atoms with Gasteiger partial charge in [-0.2, -0.15) is 5.10 Å². The van der Waals surface area contributed by atoms with Crippen molar-refractivity contribution in [3.05, 3.63) is 38.8 Å². The summed E-state index contributed by atoms with van der Waals surface area (Å²) in [5.41, 5.74) is 4.60. The van der Waals surface area contributed by atoms with Crippen molar-refractivity contribution in [3.63, 3.8) is 0 Å². The highest BCUT2D eigenvalue weighted by atomic mass is 32.1. The van der Waals surface area contributed by atoms with Crippen LogP contribution in [0.25, 0.3) is 0 Å². The highest BCUT2D eigenvalue weighted by Gasteiger charge is 2.36. The zero-order valence-corrected chi connectivity index (χ0v) is 14.7. The van der Waals surface area contributed by atoms with Crippen molar-refractivity contribution in [1.29, 1.82) is 0 Å². The van der Waals surface area contributed by atoms with Crippen molar-refractivity contribution in [1.82, 2.24) is 15.1 Å². The number of likely N-dealkylation sites (tertiary alicyclic amines) is 1. The third-order valence-electron chi connectivity index (χ3n) is 5.22. The van der Waals surface area contributed by atoms with Gasteiger partial charge < -0.3 is 10.0 Å². The van der Waals surface area contributed by atoms with E-state index >= 15 is 0 Å². The fraction of sp³-hybridized carbons (Fsp3) is 0.556. The maximum absolute atomic E-state index is 12.9. The Morgan fingerprint density at radius 1 is 1.42 bits per heavy atom. The molecule has 2 N–H and O–H groups in total. The number of carbonyl (C=O) groups excluding carboxylic acids is 1. The van der Waals surface area contributed by atoms with Gasteiger partial charge in [0.1, 0.15) is 0 Å². The molecule has 2 aromatic rings. The molecule has 1 amide bonds. The minimum Gasteiger partial charge on any atom is -0.391 e. The Morgan fingerprint density at radius 2 is 2.25 bits per heavy atom. The standard InChI is InChI=1S/C18H23N3O2S/c1-11-6-14(20-19-11)7-13-8-21(9-16(13)22)18(23)17-15-5-3-2-4-12(15)10-24-17/h6,10,13,16,22H,2-5,7-9H2,1H3,(H,19,20)/t13-,16-/m1/s1. The molecule has 0 aromatic carbocycles. The molecule has 2 aliphatic rings. The molecule has 5 nitrogen and oxygen atoms in total. The average molecular weight is 345 g/mol. The van der Waals surface area contributed by atoms with Crippen LogP contribution in [0, 0.1) is 12.8 Å². The van der Waals surface area contributed by atoms with E-state index in [9.17, 15) is 9.90 Å². The summed E-state index contributed by atoms with van der Waals surface area (Å²) in [6.07, 6.45) is 4.76. The number of aliphatic hydroxyl groups excluding tert-OH is 1. The Kier molecular flexibility index (Phi) is 4.18. The minimum atomic E-state index is -0.471. The number of carbonyl (C=O) groups is 1. The summed E-state index contributed by atoms with van der Waals surface area (Å²) in [4.78, 5) is 15.7. The Labute approximate surface area is 145 Å². The van der Waals surface area contributed by atoms with E-state index in [1.54, 1.807) is 11.3 Å². The second-order valence-corrected chi connectivity index (χ2v) is 7.94. The molecule has 24 heavy (non-hydrogen) atoms. The molecule has 1 aliphatic carbocycles. The lowest BCUT2D eigenvalue weighted by atomic mass is 9.93. The molecular weight excluding hydrogens is 322 g/mol. The van der Waals surface area contributed by atoms with Crippen molar-refractivity contribution in [2.75, 3.05) is 13.1 Å². The normalized spacial score (nSPS) is 23.5. The first kappa shape index (κ1) is 15.8. The van der Waals surface area contributed by atoms with E-state index in [0.717, 1.165) is 29.1 Å². The SMILES string of the molecule is Cc1cc(C[C@@H]2CN(C(=O)c3scc4c3CCCC4)C[C@H]2O)n[nH]1. The first-order valence-corrected chi connectivity index (χ1v) is 9.57. The third-order valence-corrected chi connectivity index (χ3v) is 6.28. The molecule has 0 bridgehead atoms. The lowest BCUT2D eigenvalue weighted by Gasteiger charge is -2.18. The van der Waals surface area contributed by atoms with Crippen LogP contribution in [0.5, 0.6) is 0 Å². The number of nitrogens with one attached hydrogen (secondary N) is 1. The summed E-state index contributed by atoms with van der Waals surface area (Å²) in [6, 6.07) is 2.01. The molecule has 1 saturated heterocycles. The quantitative estimate of drug-likeness (QED) is 0.897. The number of aromatic nitrogens is 2. The van der Waals surface area contributed by atoms with Crippen LogP contribution >= 0.6 is 11.3 Å². The first-order chi connectivity index (χ1) is 11.6. The Morgan fingerprint density at radius 3 is 3.04 bits per heavy atom. The molecular formula is C18H23N3O2S. The predicted molar refractivity (Wildman–Crippen MR) is 93.4 cm³/mol. The number of β-amino-alcohol motifs (C(OH)–C–C–N with tert-alkyl or cyclic N) is 1. The van der Waals surface area contributed by atoms with Gasteiger partial charge in [-0.25, -0.2) is 0 Å². The van der Waals surface area contributed by atoms with E-state index in [1.165, 1.54) is 24.0 Å². The van der Waals surface area contributed by atoms with Crippen LogP contribution in [0.2, 0.25) is 0 Å². The second kappa shape index (κ2) is 6.33. The highest BCUT2D eigenvalue weighted by Crippen LogP contribution is 2.32. The molecule has 0 radical (unpaired) electrons. The van der Waals surface area contributed by atoms with E-state index in [1.807, 2.05) is 17.9 Å². The number of H-pyrrole nitrogens is 1. The van der Waals surface area contributed by atoms with Gasteiger partial charge in [0.15, 0.2) is 0 Å². The molecule has 0 saturated carbocycles. The van der Waals surface area contributed by atoms with Crippen LogP contribution in [0.3, 0.4) is 0 Å². The molecule has 1 fully saturated rings. The van der Waals surface area contributed by atoms with Crippen molar-refractivity contribution in [2.24, 2.45) is 5.92 Å². The van der Waals surface area contributed by atoms with Gasteiger partial charge in [0.2, 0.25) is 0 Å². The van der Waals surface area contributed by atoms with E-state index in [-0.39, 0.29) is 11.8 Å². The van der Waals surface area contributed by atoms with Gasteiger partial charge in [0.05, 0.1) is 16.7 Å². The maximum atomic E-state index is 12.9. The topological polar surface area (TPSA) is 69.2 Å². The van der Waals surface area contributed by atoms with Crippen LogP contribution in [-0.2, 0) is 19.3 Å². The van der Waals surface area contributed by atoms with Gasteiger partial charge in [0.25, 0.3) is 5.91 Å². The fourth-order valence-electron chi connectivity index (χ4n) is 3.91. The number of hydrogen-bond acceptors (Lipinski definition) is 4. The summed E-state index contributed by atoms with van der Waals surface area (Å²) in [5.74, 6) is 0.162. The molecule has 2 aromatic heterocycles. The number of thiophene rings is 1.